The Kier molecular flexibility index (Phi) is 6.88. The molecule has 1 aromatic rings. The topological polar surface area (TPSA) is 87.7 Å². The summed E-state index contributed by atoms with van der Waals surface area (Å²) in [6.45, 7) is 0.648. The summed E-state index contributed by atoms with van der Waals surface area (Å²) in [5.74, 6) is -1.22. The van der Waals surface area contributed by atoms with Crippen molar-refractivity contribution < 1.29 is 23.8 Å². The Morgan fingerprint density at radius 3 is 2.60 bits per heavy atom. The van der Waals surface area contributed by atoms with Crippen molar-refractivity contribution in [2.45, 2.75) is 12.8 Å². The van der Waals surface area contributed by atoms with E-state index < -0.39 is 17.8 Å². The number of ether oxygens (including phenoxy) is 1. The molecule has 110 valence electrons. The molecule has 0 aliphatic carbocycles. The third kappa shape index (κ3) is 6.58. The summed E-state index contributed by atoms with van der Waals surface area (Å²) >= 11 is 0. The Morgan fingerprint density at radius 2 is 1.90 bits per heavy atom. The molecule has 0 spiro atoms. The lowest BCUT2D eigenvalue weighted by atomic mass is 10.3. The first kappa shape index (κ1) is 15.7. The first-order valence-electron chi connectivity index (χ1n) is 6.20. The zero-order valence-electron chi connectivity index (χ0n) is 10.9. The molecule has 6 nitrogen and oxygen atoms in total. The number of amides is 2. The van der Waals surface area contributed by atoms with Gasteiger partial charge >= 0.3 is 12.0 Å². The van der Waals surface area contributed by atoms with Crippen LogP contribution in [0.5, 0.6) is 5.75 Å². The molecule has 0 atom stereocenters. The van der Waals surface area contributed by atoms with E-state index in [9.17, 15) is 14.0 Å². The molecule has 0 saturated carbocycles. The summed E-state index contributed by atoms with van der Waals surface area (Å²) < 4.78 is 18.3. The minimum Gasteiger partial charge on any atom is -0.489 e. The van der Waals surface area contributed by atoms with Gasteiger partial charge in [-0.05, 0) is 18.6 Å². The number of nitrogens with one attached hydrogen (secondary N) is 2. The molecule has 0 unspecified atom stereocenters. The Balaban J connectivity index is 2.07. The molecule has 20 heavy (non-hydrogen) atoms. The smallest absolute Gasteiger partial charge is 0.314 e. The van der Waals surface area contributed by atoms with Gasteiger partial charge < -0.3 is 20.5 Å². The van der Waals surface area contributed by atoms with Crippen LogP contribution in [0.4, 0.5) is 9.18 Å². The number of carbonyl (C=O) groups excluding carboxylic acids is 1. The number of para-hydroxylation sites is 1. The van der Waals surface area contributed by atoms with E-state index in [1.54, 1.807) is 12.1 Å². The summed E-state index contributed by atoms with van der Waals surface area (Å²) in [6.07, 6.45) is 0.380. The summed E-state index contributed by atoms with van der Waals surface area (Å²) in [5, 5.41) is 13.4. The van der Waals surface area contributed by atoms with E-state index in [1.165, 1.54) is 12.1 Å². The SMILES string of the molecule is O=C(O)CCCNC(=O)NCCOc1ccccc1F. The van der Waals surface area contributed by atoms with Crippen LogP contribution in [0.25, 0.3) is 0 Å². The van der Waals surface area contributed by atoms with Crippen LogP contribution in [-0.2, 0) is 4.79 Å². The Morgan fingerprint density at radius 1 is 1.20 bits per heavy atom. The van der Waals surface area contributed by atoms with Crippen molar-refractivity contribution in [1.82, 2.24) is 10.6 Å². The predicted molar refractivity (Wildman–Crippen MR) is 70.2 cm³/mol. The number of carboxylic acids is 1. The first-order chi connectivity index (χ1) is 9.59. The zero-order valence-corrected chi connectivity index (χ0v) is 10.9. The summed E-state index contributed by atoms with van der Waals surface area (Å²) in [5.41, 5.74) is 0. The minimum atomic E-state index is -0.898. The molecule has 2 amide bonds. The highest BCUT2D eigenvalue weighted by Gasteiger charge is 2.03. The molecule has 1 aromatic carbocycles. The number of rotatable bonds is 8. The molecule has 0 heterocycles. The molecule has 0 bridgehead atoms. The number of hydrogen-bond donors (Lipinski definition) is 3. The largest absolute Gasteiger partial charge is 0.489 e. The molecule has 1 rings (SSSR count). The first-order valence-corrected chi connectivity index (χ1v) is 6.20. The van der Waals surface area contributed by atoms with Crippen LogP contribution in [0, 0.1) is 5.82 Å². The molecule has 0 fully saturated rings. The third-order valence-electron chi connectivity index (χ3n) is 2.33. The van der Waals surface area contributed by atoms with Crippen LogP contribution in [0.3, 0.4) is 0 Å². The minimum absolute atomic E-state index is 0.0106. The second-order valence-electron chi connectivity index (χ2n) is 3.96. The van der Waals surface area contributed by atoms with E-state index in [4.69, 9.17) is 9.84 Å². The van der Waals surface area contributed by atoms with Gasteiger partial charge in [-0.3, -0.25) is 4.79 Å². The van der Waals surface area contributed by atoms with Crippen molar-refractivity contribution in [2.24, 2.45) is 0 Å². The van der Waals surface area contributed by atoms with Gasteiger partial charge in [-0.15, -0.1) is 0 Å². The van der Waals surface area contributed by atoms with Crippen molar-refractivity contribution in [3.05, 3.63) is 30.1 Å². The fourth-order valence-corrected chi connectivity index (χ4v) is 1.39. The van der Waals surface area contributed by atoms with Gasteiger partial charge in [0.1, 0.15) is 6.61 Å². The fraction of sp³-hybridized carbons (Fsp3) is 0.385. The number of aliphatic carboxylic acids is 1. The molecule has 0 aromatic heterocycles. The predicted octanol–water partition coefficient (Wildman–Crippen LogP) is 1.37. The molecule has 0 radical (unpaired) electrons. The van der Waals surface area contributed by atoms with Crippen molar-refractivity contribution in [3.63, 3.8) is 0 Å². The lowest BCUT2D eigenvalue weighted by Gasteiger charge is -2.09. The maximum Gasteiger partial charge on any atom is 0.314 e. The highest BCUT2D eigenvalue weighted by atomic mass is 19.1. The lowest BCUT2D eigenvalue weighted by Crippen LogP contribution is -2.38. The second-order valence-corrected chi connectivity index (χ2v) is 3.96. The number of carbonyl (C=O) groups is 2. The molecular formula is C13H17FN2O4. The van der Waals surface area contributed by atoms with Gasteiger partial charge in [0, 0.05) is 13.0 Å². The second kappa shape index (κ2) is 8.73. The van der Waals surface area contributed by atoms with Crippen LogP contribution in [0.15, 0.2) is 24.3 Å². The Labute approximate surface area is 115 Å². The van der Waals surface area contributed by atoms with Crippen LogP contribution in [-0.4, -0.2) is 36.8 Å². The number of hydrogen-bond acceptors (Lipinski definition) is 3. The average Bonchev–Trinajstić information content (AvgIpc) is 2.41. The highest BCUT2D eigenvalue weighted by molar-refractivity contribution is 5.73. The standard InChI is InChI=1S/C13H17FN2O4/c14-10-4-1-2-5-11(10)20-9-8-16-13(19)15-7-3-6-12(17)18/h1-2,4-5H,3,6-9H2,(H,17,18)(H2,15,16,19). The van der Waals surface area contributed by atoms with Crippen LogP contribution in [0.1, 0.15) is 12.8 Å². The van der Waals surface area contributed by atoms with Crippen LogP contribution in [0.2, 0.25) is 0 Å². The van der Waals surface area contributed by atoms with E-state index in [-0.39, 0.29) is 31.9 Å². The summed E-state index contributed by atoms with van der Waals surface area (Å²) in [6, 6.07) is 5.60. The van der Waals surface area contributed by atoms with Gasteiger partial charge in [0.05, 0.1) is 6.54 Å². The number of benzene rings is 1. The van der Waals surface area contributed by atoms with Gasteiger partial charge in [0.15, 0.2) is 11.6 Å². The van der Waals surface area contributed by atoms with Gasteiger partial charge in [0.2, 0.25) is 0 Å². The Hall–Kier alpha value is -2.31. The molecule has 0 aliphatic rings. The van der Waals surface area contributed by atoms with E-state index in [0.29, 0.717) is 6.42 Å². The summed E-state index contributed by atoms with van der Waals surface area (Å²) in [4.78, 5) is 21.5. The molecule has 3 N–H and O–H groups in total. The molecular weight excluding hydrogens is 267 g/mol. The number of urea groups is 1. The van der Waals surface area contributed by atoms with Crippen molar-refractivity contribution in [3.8, 4) is 5.75 Å². The quantitative estimate of drug-likeness (QED) is 0.629. The fourth-order valence-electron chi connectivity index (χ4n) is 1.39. The van der Waals surface area contributed by atoms with Crippen molar-refractivity contribution in [1.29, 1.82) is 0 Å². The van der Waals surface area contributed by atoms with Gasteiger partial charge in [-0.2, -0.15) is 0 Å². The monoisotopic (exact) mass is 284 g/mol. The molecule has 7 heteroatoms. The van der Waals surface area contributed by atoms with Crippen LogP contribution >= 0.6 is 0 Å². The van der Waals surface area contributed by atoms with Gasteiger partial charge in [-0.25, -0.2) is 9.18 Å². The van der Waals surface area contributed by atoms with Crippen molar-refractivity contribution in [2.75, 3.05) is 19.7 Å². The maximum atomic E-state index is 13.2. The van der Waals surface area contributed by atoms with Gasteiger partial charge in [0.25, 0.3) is 0 Å². The number of carboxylic acid groups (broad SMARTS) is 1. The van der Waals surface area contributed by atoms with E-state index in [2.05, 4.69) is 10.6 Å². The molecule has 0 aliphatic heterocycles. The van der Waals surface area contributed by atoms with E-state index >= 15 is 0 Å². The zero-order chi connectivity index (χ0) is 14.8. The highest BCUT2D eigenvalue weighted by Crippen LogP contribution is 2.14. The van der Waals surface area contributed by atoms with Crippen molar-refractivity contribution >= 4 is 12.0 Å². The average molecular weight is 284 g/mol. The molecule has 0 saturated heterocycles. The lowest BCUT2D eigenvalue weighted by molar-refractivity contribution is -0.137. The van der Waals surface area contributed by atoms with Crippen LogP contribution < -0.4 is 15.4 Å². The van der Waals surface area contributed by atoms with E-state index in [0.717, 1.165) is 0 Å². The summed E-state index contributed by atoms with van der Waals surface area (Å²) in [7, 11) is 0. The normalized spacial score (nSPS) is 9.85. The van der Waals surface area contributed by atoms with E-state index in [1.807, 2.05) is 0 Å². The number of halogens is 1. The Bertz CT molecular complexity index is 454. The van der Waals surface area contributed by atoms with Gasteiger partial charge in [-0.1, -0.05) is 12.1 Å². The maximum absolute atomic E-state index is 13.2. The third-order valence-corrected chi connectivity index (χ3v) is 2.33.